The number of hydrogen-bond donors (Lipinski definition) is 1. The van der Waals surface area contributed by atoms with E-state index in [0.29, 0.717) is 17.5 Å². The maximum atomic E-state index is 3.76. The highest BCUT2D eigenvalue weighted by Gasteiger charge is 2.34. The van der Waals surface area contributed by atoms with E-state index in [1.165, 1.54) is 37.9 Å². The maximum absolute atomic E-state index is 3.76. The van der Waals surface area contributed by atoms with E-state index in [1.807, 2.05) is 11.3 Å². The molecule has 1 aromatic heterocycles. The van der Waals surface area contributed by atoms with E-state index in [4.69, 9.17) is 0 Å². The number of piperazine rings is 1. The van der Waals surface area contributed by atoms with Crippen LogP contribution in [-0.4, -0.2) is 36.6 Å². The van der Waals surface area contributed by atoms with E-state index in [2.05, 4.69) is 54.7 Å². The van der Waals surface area contributed by atoms with Gasteiger partial charge in [-0.1, -0.05) is 34.1 Å². The van der Waals surface area contributed by atoms with E-state index in [9.17, 15) is 0 Å². The van der Waals surface area contributed by atoms with Crippen molar-refractivity contribution in [1.82, 2.24) is 10.2 Å². The number of nitrogens with zero attached hydrogens (tertiary/aromatic N) is 1. The normalized spacial score (nSPS) is 25.0. The summed E-state index contributed by atoms with van der Waals surface area (Å²) in [7, 11) is 0. The predicted octanol–water partition coefficient (Wildman–Crippen LogP) is 3.78. The first kappa shape index (κ1) is 16.0. The molecule has 2 heterocycles. The van der Waals surface area contributed by atoms with E-state index in [1.54, 1.807) is 0 Å². The van der Waals surface area contributed by atoms with Crippen LogP contribution in [0.3, 0.4) is 0 Å². The fourth-order valence-corrected chi connectivity index (χ4v) is 3.94. The minimum atomic E-state index is 0.346. The van der Waals surface area contributed by atoms with Crippen molar-refractivity contribution >= 4 is 11.3 Å². The van der Waals surface area contributed by atoms with Crippen molar-refractivity contribution in [1.29, 1.82) is 0 Å². The topological polar surface area (TPSA) is 15.3 Å². The second-order valence-corrected chi connectivity index (χ2v) is 7.93. The Morgan fingerprint density at radius 2 is 2.20 bits per heavy atom. The zero-order chi connectivity index (χ0) is 14.6. The van der Waals surface area contributed by atoms with Gasteiger partial charge in [-0.15, -0.1) is 0 Å². The van der Waals surface area contributed by atoms with Gasteiger partial charge in [-0.2, -0.15) is 11.3 Å². The summed E-state index contributed by atoms with van der Waals surface area (Å²) in [6.45, 7) is 12.9. The second kappa shape index (κ2) is 7.06. The van der Waals surface area contributed by atoms with Crippen molar-refractivity contribution < 1.29 is 0 Å². The molecule has 1 N–H and O–H groups in total. The van der Waals surface area contributed by atoms with Gasteiger partial charge in [0.05, 0.1) is 0 Å². The SMILES string of the molecule is CCCC1CN(CCc2ccsc2)C(C(C)(C)C)CN1. The largest absolute Gasteiger partial charge is 0.311 e. The molecule has 0 aliphatic carbocycles. The first-order chi connectivity index (χ1) is 9.50. The van der Waals surface area contributed by atoms with Gasteiger partial charge in [-0.25, -0.2) is 0 Å². The summed E-state index contributed by atoms with van der Waals surface area (Å²) >= 11 is 1.81. The number of rotatable bonds is 5. The molecule has 1 saturated heterocycles. The highest BCUT2D eigenvalue weighted by Crippen LogP contribution is 2.27. The summed E-state index contributed by atoms with van der Waals surface area (Å²) in [6.07, 6.45) is 3.76. The Balaban J connectivity index is 1.97. The van der Waals surface area contributed by atoms with Gasteiger partial charge >= 0.3 is 0 Å². The molecule has 1 fully saturated rings. The molecule has 0 saturated carbocycles. The van der Waals surface area contributed by atoms with Crippen molar-refractivity contribution in [2.75, 3.05) is 19.6 Å². The molecule has 1 aliphatic rings. The van der Waals surface area contributed by atoms with Gasteiger partial charge in [-0.05, 0) is 40.6 Å². The lowest BCUT2D eigenvalue weighted by atomic mass is 9.83. The molecule has 1 aromatic rings. The van der Waals surface area contributed by atoms with Gasteiger partial charge in [0.25, 0.3) is 0 Å². The third-order valence-corrected chi connectivity index (χ3v) is 5.13. The van der Waals surface area contributed by atoms with Crippen LogP contribution >= 0.6 is 11.3 Å². The average Bonchev–Trinajstić information content (AvgIpc) is 2.88. The van der Waals surface area contributed by atoms with Crippen LogP contribution in [0.5, 0.6) is 0 Å². The molecule has 0 spiro atoms. The minimum absolute atomic E-state index is 0.346. The zero-order valence-corrected chi connectivity index (χ0v) is 14.3. The van der Waals surface area contributed by atoms with E-state index in [0.717, 1.165) is 6.54 Å². The van der Waals surface area contributed by atoms with Crippen molar-refractivity contribution in [3.8, 4) is 0 Å². The van der Waals surface area contributed by atoms with Gasteiger partial charge < -0.3 is 5.32 Å². The van der Waals surface area contributed by atoms with Crippen LogP contribution < -0.4 is 5.32 Å². The van der Waals surface area contributed by atoms with Gasteiger partial charge in [0, 0.05) is 31.7 Å². The Labute approximate surface area is 128 Å². The van der Waals surface area contributed by atoms with Crippen LogP contribution in [0.1, 0.15) is 46.1 Å². The highest BCUT2D eigenvalue weighted by atomic mass is 32.1. The van der Waals surface area contributed by atoms with Crippen LogP contribution in [0.15, 0.2) is 16.8 Å². The van der Waals surface area contributed by atoms with Crippen LogP contribution in [0.2, 0.25) is 0 Å². The minimum Gasteiger partial charge on any atom is -0.311 e. The van der Waals surface area contributed by atoms with Crippen molar-refractivity contribution in [3.05, 3.63) is 22.4 Å². The number of thiophene rings is 1. The number of nitrogens with one attached hydrogen (secondary N) is 1. The van der Waals surface area contributed by atoms with Crippen LogP contribution in [0.4, 0.5) is 0 Å². The van der Waals surface area contributed by atoms with Crippen molar-refractivity contribution in [3.63, 3.8) is 0 Å². The summed E-state index contributed by atoms with van der Waals surface area (Å²) in [5.74, 6) is 0. The Morgan fingerprint density at radius 1 is 1.40 bits per heavy atom. The average molecular weight is 295 g/mol. The smallest absolute Gasteiger partial charge is 0.0269 e. The molecular formula is C17H30N2S. The fraction of sp³-hybridized carbons (Fsp3) is 0.765. The van der Waals surface area contributed by atoms with Crippen molar-refractivity contribution in [2.45, 2.75) is 59.0 Å². The molecule has 0 amide bonds. The summed E-state index contributed by atoms with van der Waals surface area (Å²) in [5, 5.41) is 8.24. The molecule has 0 aromatic carbocycles. The Bertz CT molecular complexity index is 380. The van der Waals surface area contributed by atoms with E-state index < -0.39 is 0 Å². The molecular weight excluding hydrogens is 264 g/mol. The molecule has 2 unspecified atom stereocenters. The van der Waals surface area contributed by atoms with E-state index in [-0.39, 0.29) is 0 Å². The third kappa shape index (κ3) is 4.31. The van der Waals surface area contributed by atoms with E-state index >= 15 is 0 Å². The molecule has 2 atom stereocenters. The summed E-state index contributed by atoms with van der Waals surface area (Å²) < 4.78 is 0. The lowest BCUT2D eigenvalue weighted by Crippen LogP contribution is -2.60. The standard InChI is InChI=1S/C17H30N2S/c1-5-6-15-12-19(9-7-14-8-10-20-13-14)16(11-18-15)17(2,3)4/h8,10,13,15-16,18H,5-7,9,11-12H2,1-4H3. The number of hydrogen-bond acceptors (Lipinski definition) is 3. The Kier molecular flexibility index (Phi) is 5.65. The molecule has 1 aliphatic heterocycles. The summed E-state index contributed by atoms with van der Waals surface area (Å²) in [4.78, 5) is 2.73. The molecule has 20 heavy (non-hydrogen) atoms. The second-order valence-electron chi connectivity index (χ2n) is 7.15. The van der Waals surface area contributed by atoms with Gasteiger partial charge in [0.15, 0.2) is 0 Å². The van der Waals surface area contributed by atoms with Crippen LogP contribution in [0.25, 0.3) is 0 Å². The molecule has 0 bridgehead atoms. The third-order valence-electron chi connectivity index (χ3n) is 4.40. The fourth-order valence-electron chi connectivity index (χ4n) is 3.23. The Morgan fingerprint density at radius 3 is 2.80 bits per heavy atom. The quantitative estimate of drug-likeness (QED) is 0.889. The first-order valence-electron chi connectivity index (χ1n) is 7.99. The molecule has 2 rings (SSSR count). The maximum Gasteiger partial charge on any atom is 0.0269 e. The molecule has 114 valence electrons. The lowest BCUT2D eigenvalue weighted by Gasteiger charge is -2.46. The predicted molar refractivity (Wildman–Crippen MR) is 89.5 cm³/mol. The van der Waals surface area contributed by atoms with Gasteiger partial charge in [0.2, 0.25) is 0 Å². The van der Waals surface area contributed by atoms with Crippen LogP contribution in [-0.2, 0) is 6.42 Å². The molecule has 2 nitrogen and oxygen atoms in total. The molecule has 3 heteroatoms. The Hall–Kier alpha value is -0.380. The zero-order valence-electron chi connectivity index (χ0n) is 13.5. The lowest BCUT2D eigenvalue weighted by molar-refractivity contribution is 0.0548. The molecule has 0 radical (unpaired) electrons. The summed E-state index contributed by atoms with van der Waals surface area (Å²) in [5.41, 5.74) is 1.84. The van der Waals surface area contributed by atoms with Gasteiger partial charge in [-0.3, -0.25) is 4.90 Å². The van der Waals surface area contributed by atoms with Gasteiger partial charge in [0.1, 0.15) is 0 Å². The monoisotopic (exact) mass is 294 g/mol. The first-order valence-corrected chi connectivity index (χ1v) is 8.93. The van der Waals surface area contributed by atoms with Crippen LogP contribution in [0, 0.1) is 5.41 Å². The van der Waals surface area contributed by atoms with Crippen molar-refractivity contribution in [2.24, 2.45) is 5.41 Å². The summed E-state index contributed by atoms with van der Waals surface area (Å²) in [6, 6.07) is 3.60. The highest BCUT2D eigenvalue weighted by molar-refractivity contribution is 7.07.